The highest BCUT2D eigenvalue weighted by atomic mass is 32.1. The number of amides is 1. The molecule has 0 spiro atoms. The molecule has 2 aliphatic carbocycles. The lowest BCUT2D eigenvalue weighted by Gasteiger charge is -2.07. The second-order valence-corrected chi connectivity index (χ2v) is 7.07. The van der Waals surface area contributed by atoms with Crippen LogP contribution in [-0.2, 0) is 11.2 Å². The molecule has 5 nitrogen and oxygen atoms in total. The SMILES string of the molecule is O=C(NCCc1n[nH]c(=S)n1C1CC1)[C@H]1C[C@H]1c1cccc(F)c1F. The van der Waals surface area contributed by atoms with Gasteiger partial charge >= 0.3 is 0 Å². The Labute approximate surface area is 148 Å². The van der Waals surface area contributed by atoms with Crippen LogP contribution in [0.25, 0.3) is 0 Å². The van der Waals surface area contributed by atoms with Crippen molar-refractivity contribution in [3.63, 3.8) is 0 Å². The first-order valence-electron chi connectivity index (χ1n) is 8.43. The maximum absolute atomic E-state index is 13.8. The molecule has 1 heterocycles. The molecule has 1 amide bonds. The van der Waals surface area contributed by atoms with Crippen LogP contribution in [0.15, 0.2) is 18.2 Å². The van der Waals surface area contributed by atoms with Crippen LogP contribution in [-0.4, -0.2) is 27.2 Å². The molecule has 2 N–H and O–H groups in total. The van der Waals surface area contributed by atoms with Gasteiger partial charge in [0.15, 0.2) is 16.4 Å². The zero-order chi connectivity index (χ0) is 17.6. The van der Waals surface area contributed by atoms with Crippen molar-refractivity contribution >= 4 is 18.1 Å². The summed E-state index contributed by atoms with van der Waals surface area (Å²) in [6.45, 7) is 0.444. The van der Waals surface area contributed by atoms with Crippen LogP contribution in [0.3, 0.4) is 0 Å². The van der Waals surface area contributed by atoms with E-state index in [1.807, 2.05) is 4.57 Å². The normalized spacial score (nSPS) is 22.0. The summed E-state index contributed by atoms with van der Waals surface area (Å²) < 4.78 is 29.7. The summed E-state index contributed by atoms with van der Waals surface area (Å²) >= 11 is 5.23. The molecule has 2 atom stereocenters. The van der Waals surface area contributed by atoms with Crippen LogP contribution < -0.4 is 5.32 Å². The Hall–Kier alpha value is -2.09. The van der Waals surface area contributed by atoms with Crippen molar-refractivity contribution in [3.8, 4) is 0 Å². The summed E-state index contributed by atoms with van der Waals surface area (Å²) in [6.07, 6.45) is 3.35. The summed E-state index contributed by atoms with van der Waals surface area (Å²) in [6, 6.07) is 4.54. The van der Waals surface area contributed by atoms with E-state index in [0.717, 1.165) is 24.7 Å². The van der Waals surface area contributed by atoms with Gasteiger partial charge in [0.2, 0.25) is 5.91 Å². The fraction of sp³-hybridized carbons (Fsp3) is 0.471. The number of carbonyl (C=O) groups is 1. The van der Waals surface area contributed by atoms with Gasteiger partial charge in [-0.15, -0.1) is 0 Å². The van der Waals surface area contributed by atoms with E-state index in [1.54, 1.807) is 6.07 Å². The third-order valence-electron chi connectivity index (χ3n) is 4.85. The Morgan fingerprint density at radius 2 is 2.20 bits per heavy atom. The molecule has 2 aliphatic rings. The number of aromatic amines is 1. The van der Waals surface area contributed by atoms with Crippen LogP contribution in [0, 0.1) is 22.3 Å². The first kappa shape index (κ1) is 16.4. The molecule has 0 bridgehead atoms. The largest absolute Gasteiger partial charge is 0.355 e. The molecular weight excluding hydrogens is 346 g/mol. The van der Waals surface area contributed by atoms with Crippen molar-refractivity contribution in [1.29, 1.82) is 0 Å². The molecule has 132 valence electrons. The van der Waals surface area contributed by atoms with Crippen LogP contribution >= 0.6 is 12.2 Å². The number of hydrogen-bond donors (Lipinski definition) is 2. The van der Waals surface area contributed by atoms with Crippen molar-refractivity contribution in [2.24, 2.45) is 5.92 Å². The monoisotopic (exact) mass is 364 g/mol. The van der Waals surface area contributed by atoms with Gasteiger partial charge in [-0.25, -0.2) is 8.78 Å². The quantitative estimate of drug-likeness (QED) is 0.775. The third kappa shape index (κ3) is 3.22. The minimum Gasteiger partial charge on any atom is -0.355 e. The molecule has 1 aromatic carbocycles. The Morgan fingerprint density at radius 3 is 2.96 bits per heavy atom. The van der Waals surface area contributed by atoms with Crippen molar-refractivity contribution in [2.75, 3.05) is 6.54 Å². The van der Waals surface area contributed by atoms with Crippen molar-refractivity contribution in [1.82, 2.24) is 20.1 Å². The first-order valence-corrected chi connectivity index (χ1v) is 8.84. The molecule has 8 heteroatoms. The molecular formula is C17H18F2N4OS. The zero-order valence-corrected chi connectivity index (χ0v) is 14.3. The number of halogens is 2. The van der Waals surface area contributed by atoms with Crippen molar-refractivity contribution < 1.29 is 13.6 Å². The van der Waals surface area contributed by atoms with E-state index in [9.17, 15) is 13.6 Å². The molecule has 25 heavy (non-hydrogen) atoms. The van der Waals surface area contributed by atoms with Gasteiger partial charge < -0.3 is 9.88 Å². The van der Waals surface area contributed by atoms with Gasteiger partial charge in [-0.3, -0.25) is 9.89 Å². The average Bonchev–Trinajstić information content (AvgIpc) is 3.50. The number of aromatic nitrogens is 3. The lowest BCUT2D eigenvalue weighted by molar-refractivity contribution is -0.122. The summed E-state index contributed by atoms with van der Waals surface area (Å²) in [5, 5.41) is 9.89. The van der Waals surface area contributed by atoms with Gasteiger partial charge in [0.1, 0.15) is 5.82 Å². The summed E-state index contributed by atoms with van der Waals surface area (Å²) in [7, 11) is 0. The second kappa shape index (κ2) is 6.33. The number of benzene rings is 1. The van der Waals surface area contributed by atoms with E-state index in [1.165, 1.54) is 6.07 Å². The van der Waals surface area contributed by atoms with Crippen molar-refractivity contribution in [3.05, 3.63) is 46.0 Å². The minimum atomic E-state index is -0.869. The predicted octanol–water partition coefficient (Wildman–Crippen LogP) is 3.02. The first-order chi connectivity index (χ1) is 12.1. The lowest BCUT2D eigenvalue weighted by atomic mass is 10.1. The van der Waals surface area contributed by atoms with Crippen LogP contribution in [0.5, 0.6) is 0 Å². The molecule has 0 unspecified atom stereocenters. The van der Waals surface area contributed by atoms with Gasteiger partial charge in [-0.05, 0) is 49.0 Å². The van der Waals surface area contributed by atoms with E-state index in [-0.39, 0.29) is 23.3 Å². The zero-order valence-electron chi connectivity index (χ0n) is 13.5. The van der Waals surface area contributed by atoms with Crippen LogP contribution in [0.2, 0.25) is 0 Å². The average molecular weight is 364 g/mol. The number of hydrogen-bond acceptors (Lipinski definition) is 3. The lowest BCUT2D eigenvalue weighted by Crippen LogP contribution is -2.28. The van der Waals surface area contributed by atoms with Gasteiger partial charge in [0, 0.05) is 24.9 Å². The highest BCUT2D eigenvalue weighted by Crippen LogP contribution is 2.48. The Kier molecular flexibility index (Phi) is 4.15. The number of nitrogens with one attached hydrogen (secondary N) is 2. The standard InChI is InChI=1S/C17H18F2N4OS/c18-13-3-1-2-10(15(13)19)11-8-12(11)16(24)20-7-6-14-21-22-17(25)23(14)9-4-5-9/h1-3,9,11-12H,4-8H2,(H,20,24)(H,22,25)/t11-,12-/m0/s1. The second-order valence-electron chi connectivity index (χ2n) is 6.68. The molecule has 0 saturated heterocycles. The Balaban J connectivity index is 1.32. The van der Waals surface area contributed by atoms with Gasteiger partial charge in [-0.2, -0.15) is 5.10 Å². The van der Waals surface area contributed by atoms with E-state index in [0.29, 0.717) is 30.2 Å². The molecule has 0 radical (unpaired) electrons. The summed E-state index contributed by atoms with van der Waals surface area (Å²) in [5.41, 5.74) is 0.287. The minimum absolute atomic E-state index is 0.124. The predicted molar refractivity (Wildman–Crippen MR) is 89.6 cm³/mol. The molecule has 2 fully saturated rings. The fourth-order valence-corrected chi connectivity index (χ4v) is 3.59. The molecule has 0 aliphatic heterocycles. The topological polar surface area (TPSA) is 62.7 Å². The fourth-order valence-electron chi connectivity index (χ4n) is 3.29. The molecule has 2 aromatic rings. The van der Waals surface area contributed by atoms with Crippen LogP contribution in [0.4, 0.5) is 8.78 Å². The highest BCUT2D eigenvalue weighted by Gasteiger charge is 2.45. The van der Waals surface area contributed by atoms with E-state index < -0.39 is 11.6 Å². The van der Waals surface area contributed by atoms with Gasteiger partial charge in [0.05, 0.1) is 0 Å². The maximum Gasteiger partial charge on any atom is 0.223 e. The number of rotatable bonds is 6. The van der Waals surface area contributed by atoms with Crippen LogP contribution in [0.1, 0.15) is 42.6 Å². The molecule has 2 saturated carbocycles. The number of nitrogens with zero attached hydrogens (tertiary/aromatic N) is 2. The Bertz CT molecular complexity index is 874. The van der Waals surface area contributed by atoms with E-state index in [2.05, 4.69) is 15.5 Å². The summed E-state index contributed by atoms with van der Waals surface area (Å²) in [4.78, 5) is 12.2. The van der Waals surface area contributed by atoms with Gasteiger partial charge in [0.25, 0.3) is 0 Å². The highest BCUT2D eigenvalue weighted by molar-refractivity contribution is 7.71. The molecule has 1 aromatic heterocycles. The Morgan fingerprint density at radius 1 is 1.40 bits per heavy atom. The number of H-pyrrole nitrogens is 1. The molecule has 4 rings (SSSR count). The van der Waals surface area contributed by atoms with Gasteiger partial charge in [-0.1, -0.05) is 12.1 Å². The van der Waals surface area contributed by atoms with Crippen molar-refractivity contribution in [2.45, 2.75) is 37.6 Å². The maximum atomic E-state index is 13.8. The van der Waals surface area contributed by atoms with E-state index >= 15 is 0 Å². The van der Waals surface area contributed by atoms with E-state index in [4.69, 9.17) is 12.2 Å². The smallest absolute Gasteiger partial charge is 0.223 e. The number of carbonyl (C=O) groups excluding carboxylic acids is 1. The summed E-state index contributed by atoms with van der Waals surface area (Å²) in [5.74, 6) is -1.52. The third-order valence-corrected chi connectivity index (χ3v) is 5.13.